The second-order valence-corrected chi connectivity index (χ2v) is 6.06. The quantitative estimate of drug-likeness (QED) is 0.331. The molecule has 0 fully saturated rings. The first-order chi connectivity index (χ1) is 13.5. The first kappa shape index (κ1) is 18.8. The predicted molar refractivity (Wildman–Crippen MR) is 104 cm³/mol. The van der Waals surface area contributed by atoms with E-state index in [0.717, 1.165) is 11.3 Å². The zero-order chi connectivity index (χ0) is 20.1. The van der Waals surface area contributed by atoms with Gasteiger partial charge in [-0.1, -0.05) is 18.2 Å². The second kappa shape index (κ2) is 8.14. The molecule has 0 atom stereocenters. The molecule has 0 bridgehead atoms. The standard InChI is InChI=1S/C20H16N4O4/c1-23(11-3-10-21)16-8-6-14(7-9-16)12-18-20(25)28-19(22-18)15-4-2-5-17(13-15)24(26)27/h2,4-9,12-13H,3,11H2,1H3/b18-12-. The number of nitrogens with zero attached hydrogens (tertiary/aromatic N) is 4. The molecule has 8 heteroatoms. The van der Waals surface area contributed by atoms with Crippen LogP contribution in [-0.2, 0) is 9.53 Å². The Hall–Kier alpha value is -3.99. The van der Waals surface area contributed by atoms with E-state index in [9.17, 15) is 14.9 Å². The molecule has 0 unspecified atom stereocenters. The second-order valence-electron chi connectivity index (χ2n) is 6.06. The van der Waals surface area contributed by atoms with Crippen LogP contribution >= 0.6 is 0 Å². The number of nitriles is 1. The van der Waals surface area contributed by atoms with Crippen molar-refractivity contribution in [3.05, 3.63) is 75.5 Å². The fourth-order valence-electron chi connectivity index (χ4n) is 2.61. The number of nitro groups is 1. The van der Waals surface area contributed by atoms with Crippen molar-refractivity contribution in [1.82, 2.24) is 0 Å². The van der Waals surface area contributed by atoms with Crippen LogP contribution in [0.4, 0.5) is 11.4 Å². The van der Waals surface area contributed by atoms with Crippen LogP contribution < -0.4 is 4.90 Å². The number of carbonyl (C=O) groups excluding carboxylic acids is 1. The smallest absolute Gasteiger partial charge is 0.363 e. The van der Waals surface area contributed by atoms with Crippen molar-refractivity contribution in [2.45, 2.75) is 6.42 Å². The van der Waals surface area contributed by atoms with E-state index in [1.165, 1.54) is 18.2 Å². The molecular weight excluding hydrogens is 360 g/mol. The number of aliphatic imine (C=N–C) groups is 1. The summed E-state index contributed by atoms with van der Waals surface area (Å²) in [4.78, 5) is 28.6. The molecule has 1 aliphatic heterocycles. The number of hydrogen-bond donors (Lipinski definition) is 0. The molecule has 0 radical (unpaired) electrons. The molecule has 0 saturated heterocycles. The third-order valence-corrected chi connectivity index (χ3v) is 4.12. The Morgan fingerprint density at radius 2 is 2.04 bits per heavy atom. The summed E-state index contributed by atoms with van der Waals surface area (Å²) in [6, 6.07) is 15.3. The molecule has 2 aromatic rings. The Labute approximate surface area is 161 Å². The maximum absolute atomic E-state index is 12.1. The Morgan fingerprint density at radius 3 is 2.71 bits per heavy atom. The minimum Gasteiger partial charge on any atom is -0.402 e. The van der Waals surface area contributed by atoms with Gasteiger partial charge in [-0.15, -0.1) is 0 Å². The van der Waals surface area contributed by atoms with Gasteiger partial charge >= 0.3 is 5.97 Å². The molecule has 0 aliphatic carbocycles. The number of rotatable bonds is 6. The zero-order valence-electron chi connectivity index (χ0n) is 15.0. The molecule has 0 amide bonds. The van der Waals surface area contributed by atoms with Crippen LogP contribution in [0, 0.1) is 21.4 Å². The van der Waals surface area contributed by atoms with Gasteiger partial charge in [0.1, 0.15) is 0 Å². The summed E-state index contributed by atoms with van der Waals surface area (Å²) in [6.07, 6.45) is 2.02. The van der Waals surface area contributed by atoms with Crippen molar-refractivity contribution in [3.63, 3.8) is 0 Å². The summed E-state index contributed by atoms with van der Waals surface area (Å²) in [5.74, 6) is -0.579. The number of esters is 1. The van der Waals surface area contributed by atoms with E-state index < -0.39 is 10.9 Å². The van der Waals surface area contributed by atoms with Gasteiger partial charge in [0.2, 0.25) is 5.90 Å². The van der Waals surface area contributed by atoms with Gasteiger partial charge in [-0.05, 0) is 29.8 Å². The number of cyclic esters (lactones) is 1. The predicted octanol–water partition coefficient (Wildman–Crippen LogP) is 3.29. The minimum atomic E-state index is -0.614. The third kappa shape index (κ3) is 4.22. The van der Waals surface area contributed by atoms with Crippen molar-refractivity contribution in [1.29, 1.82) is 5.26 Å². The lowest BCUT2D eigenvalue weighted by Crippen LogP contribution is -2.17. The van der Waals surface area contributed by atoms with Crippen molar-refractivity contribution in [2.75, 3.05) is 18.5 Å². The number of anilines is 1. The van der Waals surface area contributed by atoms with Gasteiger partial charge < -0.3 is 9.64 Å². The molecule has 3 rings (SSSR count). The SMILES string of the molecule is CN(CCC#N)c1ccc(/C=C2\N=C(c3cccc([N+](=O)[O-])c3)OC2=O)cc1. The average Bonchev–Trinajstić information content (AvgIpc) is 3.07. The number of non-ortho nitro benzene ring substituents is 1. The van der Waals surface area contributed by atoms with Gasteiger partial charge in [-0.2, -0.15) is 5.26 Å². The maximum Gasteiger partial charge on any atom is 0.363 e. The van der Waals surface area contributed by atoms with Crippen molar-refractivity contribution < 1.29 is 14.5 Å². The first-order valence-electron chi connectivity index (χ1n) is 8.43. The van der Waals surface area contributed by atoms with Crippen LogP contribution in [0.15, 0.2) is 59.2 Å². The Morgan fingerprint density at radius 1 is 1.29 bits per heavy atom. The largest absolute Gasteiger partial charge is 0.402 e. The van der Waals surface area contributed by atoms with Crippen molar-refractivity contribution >= 4 is 29.3 Å². The Balaban J connectivity index is 1.81. The van der Waals surface area contributed by atoms with Crippen LogP contribution in [0.3, 0.4) is 0 Å². The average molecular weight is 376 g/mol. The molecule has 1 aliphatic rings. The molecule has 0 saturated carbocycles. The summed E-state index contributed by atoms with van der Waals surface area (Å²) >= 11 is 0. The molecule has 1 heterocycles. The molecule has 28 heavy (non-hydrogen) atoms. The Bertz CT molecular complexity index is 1020. The summed E-state index contributed by atoms with van der Waals surface area (Å²) in [7, 11) is 1.90. The fourth-order valence-corrected chi connectivity index (χ4v) is 2.61. The molecule has 0 spiro atoms. The van der Waals surface area contributed by atoms with Crippen molar-refractivity contribution in [2.24, 2.45) is 4.99 Å². The van der Waals surface area contributed by atoms with Gasteiger partial charge in [-0.25, -0.2) is 9.79 Å². The van der Waals surface area contributed by atoms with E-state index >= 15 is 0 Å². The van der Waals surface area contributed by atoms with Gasteiger partial charge in [-0.3, -0.25) is 10.1 Å². The Kier molecular flexibility index (Phi) is 5.46. The summed E-state index contributed by atoms with van der Waals surface area (Å²) in [5, 5.41) is 19.6. The number of nitro benzene ring substituents is 1. The normalized spacial score (nSPS) is 14.4. The molecular formula is C20H16N4O4. The van der Waals surface area contributed by atoms with E-state index in [-0.39, 0.29) is 17.3 Å². The molecule has 0 aromatic heterocycles. The molecule has 0 N–H and O–H groups in total. The summed E-state index contributed by atoms with van der Waals surface area (Å²) < 4.78 is 5.15. The molecule has 2 aromatic carbocycles. The van der Waals surface area contributed by atoms with E-state index in [1.54, 1.807) is 12.1 Å². The van der Waals surface area contributed by atoms with Crippen LogP contribution in [-0.4, -0.2) is 30.4 Å². The van der Waals surface area contributed by atoms with Crippen LogP contribution in [0.5, 0.6) is 0 Å². The third-order valence-electron chi connectivity index (χ3n) is 4.12. The van der Waals surface area contributed by atoms with E-state index in [4.69, 9.17) is 10.00 Å². The van der Waals surface area contributed by atoms with Crippen molar-refractivity contribution in [3.8, 4) is 6.07 Å². The number of ether oxygens (including phenoxy) is 1. The zero-order valence-corrected chi connectivity index (χ0v) is 15.0. The molecule has 8 nitrogen and oxygen atoms in total. The summed E-state index contributed by atoms with van der Waals surface area (Å²) in [6.45, 7) is 0.625. The number of carbonyl (C=O) groups is 1. The highest BCUT2D eigenvalue weighted by Crippen LogP contribution is 2.22. The highest BCUT2D eigenvalue weighted by Gasteiger charge is 2.25. The minimum absolute atomic E-state index is 0.0350. The topological polar surface area (TPSA) is 109 Å². The van der Waals surface area contributed by atoms with Crippen LogP contribution in [0.1, 0.15) is 17.5 Å². The lowest BCUT2D eigenvalue weighted by Gasteiger charge is -2.17. The number of hydrogen-bond acceptors (Lipinski definition) is 7. The van der Waals surface area contributed by atoms with Gasteiger partial charge in [0.25, 0.3) is 5.69 Å². The van der Waals surface area contributed by atoms with Crippen LogP contribution in [0.25, 0.3) is 6.08 Å². The molecule has 140 valence electrons. The first-order valence-corrected chi connectivity index (χ1v) is 8.43. The lowest BCUT2D eigenvalue weighted by atomic mass is 10.1. The van der Waals surface area contributed by atoms with Gasteiger partial charge in [0.05, 0.1) is 17.4 Å². The van der Waals surface area contributed by atoms with Gasteiger partial charge in [0.15, 0.2) is 5.70 Å². The van der Waals surface area contributed by atoms with Crippen LogP contribution in [0.2, 0.25) is 0 Å². The van der Waals surface area contributed by atoms with E-state index in [1.807, 2.05) is 36.2 Å². The fraction of sp³-hybridized carbons (Fsp3) is 0.150. The lowest BCUT2D eigenvalue weighted by molar-refractivity contribution is -0.384. The highest BCUT2D eigenvalue weighted by molar-refractivity contribution is 6.13. The van der Waals surface area contributed by atoms with E-state index in [2.05, 4.69) is 11.1 Å². The maximum atomic E-state index is 12.1. The van der Waals surface area contributed by atoms with E-state index in [0.29, 0.717) is 18.5 Å². The number of benzene rings is 2. The van der Waals surface area contributed by atoms with Gasteiger partial charge in [0, 0.05) is 37.0 Å². The monoisotopic (exact) mass is 376 g/mol. The highest BCUT2D eigenvalue weighted by atomic mass is 16.6. The summed E-state index contributed by atoms with van der Waals surface area (Å²) in [5.41, 5.74) is 2.08.